The second-order valence-electron chi connectivity index (χ2n) is 4.81. The SMILES string of the molecule is CCCc1cccc(C(O)c2cccc(C)c2)c1. The molecule has 1 unspecified atom stereocenters. The van der Waals surface area contributed by atoms with E-state index in [1.165, 1.54) is 11.1 Å². The lowest BCUT2D eigenvalue weighted by Crippen LogP contribution is -2.00. The number of aliphatic hydroxyl groups excluding tert-OH is 1. The summed E-state index contributed by atoms with van der Waals surface area (Å²) in [5.41, 5.74) is 4.41. The highest BCUT2D eigenvalue weighted by atomic mass is 16.3. The molecule has 0 aliphatic rings. The van der Waals surface area contributed by atoms with E-state index in [2.05, 4.69) is 19.1 Å². The summed E-state index contributed by atoms with van der Waals surface area (Å²) in [4.78, 5) is 0. The highest BCUT2D eigenvalue weighted by Gasteiger charge is 2.10. The predicted octanol–water partition coefficient (Wildman–Crippen LogP) is 4.03. The van der Waals surface area contributed by atoms with Crippen molar-refractivity contribution in [1.82, 2.24) is 0 Å². The monoisotopic (exact) mass is 240 g/mol. The van der Waals surface area contributed by atoms with E-state index in [-0.39, 0.29) is 0 Å². The predicted molar refractivity (Wildman–Crippen MR) is 75.7 cm³/mol. The molecule has 18 heavy (non-hydrogen) atoms. The van der Waals surface area contributed by atoms with Crippen molar-refractivity contribution in [2.75, 3.05) is 0 Å². The highest BCUT2D eigenvalue weighted by Crippen LogP contribution is 2.23. The van der Waals surface area contributed by atoms with Crippen LogP contribution in [0.1, 0.15) is 41.7 Å². The number of hydrogen-bond acceptors (Lipinski definition) is 1. The second-order valence-corrected chi connectivity index (χ2v) is 4.81. The van der Waals surface area contributed by atoms with E-state index in [4.69, 9.17) is 0 Å². The average Bonchev–Trinajstić information content (AvgIpc) is 2.39. The van der Waals surface area contributed by atoms with Gasteiger partial charge in [-0.05, 0) is 30.0 Å². The Hall–Kier alpha value is -1.60. The van der Waals surface area contributed by atoms with Crippen molar-refractivity contribution in [3.05, 3.63) is 70.8 Å². The first-order valence-corrected chi connectivity index (χ1v) is 6.54. The quantitative estimate of drug-likeness (QED) is 0.855. The van der Waals surface area contributed by atoms with E-state index in [0.717, 1.165) is 24.0 Å². The third kappa shape index (κ3) is 2.99. The molecule has 0 aliphatic carbocycles. The van der Waals surface area contributed by atoms with Crippen LogP contribution in [0.2, 0.25) is 0 Å². The van der Waals surface area contributed by atoms with Crippen LogP contribution >= 0.6 is 0 Å². The van der Waals surface area contributed by atoms with Crippen LogP contribution in [0.5, 0.6) is 0 Å². The van der Waals surface area contributed by atoms with E-state index in [9.17, 15) is 5.11 Å². The van der Waals surface area contributed by atoms with Crippen LogP contribution in [0.4, 0.5) is 0 Å². The van der Waals surface area contributed by atoms with Crippen LogP contribution in [-0.4, -0.2) is 5.11 Å². The van der Waals surface area contributed by atoms with Gasteiger partial charge in [-0.15, -0.1) is 0 Å². The van der Waals surface area contributed by atoms with E-state index in [0.29, 0.717) is 0 Å². The summed E-state index contributed by atoms with van der Waals surface area (Å²) in [6.07, 6.45) is 1.67. The summed E-state index contributed by atoms with van der Waals surface area (Å²) in [7, 11) is 0. The lowest BCUT2D eigenvalue weighted by molar-refractivity contribution is 0.220. The molecule has 1 nitrogen and oxygen atoms in total. The third-order valence-electron chi connectivity index (χ3n) is 3.16. The van der Waals surface area contributed by atoms with E-state index >= 15 is 0 Å². The van der Waals surface area contributed by atoms with Gasteiger partial charge in [0.1, 0.15) is 6.10 Å². The van der Waals surface area contributed by atoms with Crippen molar-refractivity contribution in [3.8, 4) is 0 Å². The smallest absolute Gasteiger partial charge is 0.104 e. The molecule has 0 saturated carbocycles. The van der Waals surface area contributed by atoms with Gasteiger partial charge in [-0.3, -0.25) is 0 Å². The molecular formula is C17H20O. The minimum Gasteiger partial charge on any atom is -0.384 e. The minimum atomic E-state index is -0.526. The molecule has 2 aromatic rings. The summed E-state index contributed by atoms with van der Waals surface area (Å²) >= 11 is 0. The maximum Gasteiger partial charge on any atom is 0.104 e. The summed E-state index contributed by atoms with van der Waals surface area (Å²) in [5, 5.41) is 10.4. The number of benzene rings is 2. The second kappa shape index (κ2) is 5.83. The van der Waals surface area contributed by atoms with E-state index in [1.54, 1.807) is 0 Å². The first kappa shape index (κ1) is 12.8. The molecule has 2 aromatic carbocycles. The van der Waals surface area contributed by atoms with Crippen molar-refractivity contribution >= 4 is 0 Å². The molecule has 0 spiro atoms. The normalized spacial score (nSPS) is 12.4. The van der Waals surface area contributed by atoms with Crippen LogP contribution in [0.3, 0.4) is 0 Å². The Morgan fingerprint density at radius 2 is 1.67 bits per heavy atom. The zero-order valence-corrected chi connectivity index (χ0v) is 11.1. The van der Waals surface area contributed by atoms with Gasteiger partial charge in [0, 0.05) is 0 Å². The number of rotatable bonds is 4. The first-order chi connectivity index (χ1) is 8.70. The largest absolute Gasteiger partial charge is 0.384 e. The van der Waals surface area contributed by atoms with Gasteiger partial charge >= 0.3 is 0 Å². The Morgan fingerprint density at radius 3 is 2.33 bits per heavy atom. The Morgan fingerprint density at radius 1 is 1.00 bits per heavy atom. The lowest BCUT2D eigenvalue weighted by Gasteiger charge is -2.13. The van der Waals surface area contributed by atoms with Gasteiger partial charge < -0.3 is 5.11 Å². The molecule has 0 aromatic heterocycles. The Bertz CT molecular complexity index is 517. The molecule has 94 valence electrons. The molecule has 1 N–H and O–H groups in total. The number of aryl methyl sites for hydroxylation is 2. The molecule has 0 amide bonds. The molecule has 1 atom stereocenters. The maximum absolute atomic E-state index is 10.4. The van der Waals surface area contributed by atoms with Gasteiger partial charge in [0.15, 0.2) is 0 Å². The zero-order valence-electron chi connectivity index (χ0n) is 11.1. The van der Waals surface area contributed by atoms with Crippen LogP contribution in [0.15, 0.2) is 48.5 Å². The molecule has 0 heterocycles. The molecular weight excluding hydrogens is 220 g/mol. The van der Waals surface area contributed by atoms with Crippen LogP contribution in [0, 0.1) is 6.92 Å². The highest BCUT2D eigenvalue weighted by molar-refractivity contribution is 5.34. The van der Waals surface area contributed by atoms with E-state index < -0.39 is 6.10 Å². The molecule has 1 heteroatoms. The molecule has 0 bridgehead atoms. The summed E-state index contributed by atoms with van der Waals surface area (Å²) in [6.45, 7) is 4.22. The molecule has 0 aliphatic heterocycles. The Kier molecular flexibility index (Phi) is 4.16. The Labute approximate surface area is 109 Å². The van der Waals surface area contributed by atoms with Gasteiger partial charge in [-0.25, -0.2) is 0 Å². The van der Waals surface area contributed by atoms with Crippen molar-refractivity contribution < 1.29 is 5.11 Å². The van der Waals surface area contributed by atoms with Crippen LogP contribution in [-0.2, 0) is 6.42 Å². The minimum absolute atomic E-state index is 0.526. The lowest BCUT2D eigenvalue weighted by atomic mass is 9.97. The fraction of sp³-hybridized carbons (Fsp3) is 0.294. The van der Waals surface area contributed by atoms with Gasteiger partial charge in [-0.1, -0.05) is 67.4 Å². The topological polar surface area (TPSA) is 20.2 Å². The van der Waals surface area contributed by atoms with Crippen molar-refractivity contribution in [3.63, 3.8) is 0 Å². The van der Waals surface area contributed by atoms with Gasteiger partial charge in [0.05, 0.1) is 0 Å². The standard InChI is InChI=1S/C17H20O/c1-3-6-14-8-5-10-16(12-14)17(18)15-9-4-7-13(2)11-15/h4-5,7-12,17-18H,3,6H2,1-2H3. The van der Waals surface area contributed by atoms with Crippen molar-refractivity contribution in [1.29, 1.82) is 0 Å². The van der Waals surface area contributed by atoms with Gasteiger partial charge in [-0.2, -0.15) is 0 Å². The molecule has 0 fully saturated rings. The van der Waals surface area contributed by atoms with E-state index in [1.807, 2.05) is 43.3 Å². The van der Waals surface area contributed by atoms with Crippen LogP contribution < -0.4 is 0 Å². The average molecular weight is 240 g/mol. The molecule has 0 radical (unpaired) electrons. The molecule has 2 rings (SSSR count). The third-order valence-corrected chi connectivity index (χ3v) is 3.16. The first-order valence-electron chi connectivity index (χ1n) is 6.54. The molecule has 0 saturated heterocycles. The van der Waals surface area contributed by atoms with Gasteiger partial charge in [0.2, 0.25) is 0 Å². The number of aliphatic hydroxyl groups is 1. The summed E-state index contributed by atoms with van der Waals surface area (Å²) in [6, 6.07) is 16.3. The van der Waals surface area contributed by atoms with Gasteiger partial charge in [0.25, 0.3) is 0 Å². The van der Waals surface area contributed by atoms with Crippen molar-refractivity contribution in [2.24, 2.45) is 0 Å². The summed E-state index contributed by atoms with van der Waals surface area (Å²) in [5.74, 6) is 0. The number of hydrogen-bond donors (Lipinski definition) is 1. The van der Waals surface area contributed by atoms with Crippen LogP contribution in [0.25, 0.3) is 0 Å². The fourth-order valence-corrected chi connectivity index (χ4v) is 2.24. The fourth-order valence-electron chi connectivity index (χ4n) is 2.24. The zero-order chi connectivity index (χ0) is 13.0. The Balaban J connectivity index is 2.27. The maximum atomic E-state index is 10.4. The van der Waals surface area contributed by atoms with Crippen molar-refractivity contribution in [2.45, 2.75) is 32.8 Å². The summed E-state index contributed by atoms with van der Waals surface area (Å²) < 4.78 is 0.